The van der Waals surface area contributed by atoms with Gasteiger partial charge >= 0.3 is 5.97 Å². The summed E-state index contributed by atoms with van der Waals surface area (Å²) in [6.07, 6.45) is -22.7. The standard InChI is InChI=1S/C42H48O23/c43-13-26-30(50)33(53)36(56)40(62-26)60-24-11-19(46)10-23-20(24)12-25(38(59-23)17-4-7-21(47)22(48)9-17)61-42-39(65-41-37(57)34(54)31(51)27(14-44)63-41)35(55)32(52)28(64-42)15-58-29(49)8-3-16-1-5-18(45)6-2-16/h1-12,23,26-28,30-37,39-48,50-57H,13-15H2/b8-3+/t23?,26?,27?,28?,30-,31-,32-,33+,34+,35?,36?,37?,39-,40-,41+,42-/m1/s1. The first-order chi connectivity index (χ1) is 31.0. The second-order valence-electron chi connectivity index (χ2n) is 15.4. The van der Waals surface area contributed by atoms with Crippen LogP contribution >= 0.6 is 0 Å². The number of hydrogen-bond acceptors (Lipinski definition) is 23. The largest absolute Gasteiger partial charge is 0.508 e. The fourth-order valence-corrected chi connectivity index (χ4v) is 7.35. The van der Waals surface area contributed by atoms with Gasteiger partial charge in [0.05, 0.1) is 13.2 Å². The molecule has 2 aromatic rings. The fourth-order valence-electron chi connectivity index (χ4n) is 7.35. The first kappa shape index (κ1) is 47.6. The van der Waals surface area contributed by atoms with E-state index >= 15 is 0 Å². The van der Waals surface area contributed by atoms with Gasteiger partial charge in [0.2, 0.25) is 12.6 Å². The third-order valence-corrected chi connectivity index (χ3v) is 11.0. The molecule has 0 aromatic heterocycles. The van der Waals surface area contributed by atoms with E-state index in [9.17, 15) is 76.3 Å². The van der Waals surface area contributed by atoms with Crippen LogP contribution < -0.4 is 0 Å². The highest BCUT2D eigenvalue weighted by Crippen LogP contribution is 2.42. The summed E-state index contributed by atoms with van der Waals surface area (Å²) in [4.78, 5) is 12.8. The predicted octanol–water partition coefficient (Wildman–Crippen LogP) is -3.14. The van der Waals surface area contributed by atoms with Gasteiger partial charge in [0.1, 0.15) is 97.1 Å². The molecule has 7 unspecified atom stereocenters. The molecular formula is C42H48O23. The molecule has 354 valence electrons. The predicted molar refractivity (Wildman–Crippen MR) is 212 cm³/mol. The summed E-state index contributed by atoms with van der Waals surface area (Å²) in [6.45, 7) is -2.39. The Morgan fingerprint density at radius 1 is 0.646 bits per heavy atom. The molecule has 0 radical (unpaired) electrons. The molecule has 1 aliphatic carbocycles. The quantitative estimate of drug-likeness (QED) is 0.0536. The number of rotatable bonds is 13. The van der Waals surface area contributed by atoms with Crippen molar-refractivity contribution in [3.8, 4) is 17.2 Å². The van der Waals surface area contributed by atoms with Gasteiger partial charge in [-0.1, -0.05) is 12.1 Å². The summed E-state index contributed by atoms with van der Waals surface area (Å²) < 4.78 is 46.7. The molecule has 4 aliphatic heterocycles. The minimum atomic E-state index is -2.07. The van der Waals surface area contributed by atoms with E-state index in [0.717, 1.165) is 24.3 Å². The second-order valence-corrected chi connectivity index (χ2v) is 15.4. The zero-order valence-corrected chi connectivity index (χ0v) is 33.7. The van der Waals surface area contributed by atoms with Crippen LogP contribution in [0.3, 0.4) is 0 Å². The number of benzene rings is 2. The Morgan fingerprint density at radius 2 is 1.26 bits per heavy atom. The van der Waals surface area contributed by atoms with Crippen LogP contribution in [0.15, 0.2) is 89.6 Å². The van der Waals surface area contributed by atoms with Crippen LogP contribution in [0.25, 0.3) is 11.8 Å². The lowest BCUT2D eigenvalue weighted by Gasteiger charge is -2.46. The SMILES string of the molecule is O=C(/C=C/c1ccc(O)cc1)OCC1O[C@@H](OC2=C(c3ccc(O)c(O)c3)OC3C=C(O)C=C(O[C@@H]4OC(CO)[C@@H](O)[C@H](O)C4O)C3=C2)[C@H](O[C@@H]2OC(CO)[C@@H](O)[C@H](O)C2O)C(O)[C@@H]1O. The molecule has 0 amide bonds. The Labute approximate surface area is 367 Å². The molecule has 23 nitrogen and oxygen atoms in total. The van der Waals surface area contributed by atoms with Crippen molar-refractivity contribution in [3.63, 3.8) is 0 Å². The minimum Gasteiger partial charge on any atom is -0.508 e. The summed E-state index contributed by atoms with van der Waals surface area (Å²) in [5.74, 6) is -3.46. The number of phenols is 3. The molecule has 3 saturated heterocycles. The number of carbonyl (C=O) groups excluding carboxylic acids is 1. The first-order valence-electron chi connectivity index (χ1n) is 20.0. The monoisotopic (exact) mass is 920 g/mol. The van der Waals surface area contributed by atoms with E-state index in [4.69, 9.17) is 37.9 Å². The van der Waals surface area contributed by atoms with Gasteiger partial charge in [0.15, 0.2) is 35.4 Å². The van der Waals surface area contributed by atoms with E-state index in [2.05, 4.69) is 0 Å². The van der Waals surface area contributed by atoms with Gasteiger partial charge in [-0.05, 0) is 48.0 Å². The average molecular weight is 921 g/mol. The topological polar surface area (TPSA) is 374 Å². The van der Waals surface area contributed by atoms with Crippen molar-refractivity contribution in [2.75, 3.05) is 19.8 Å². The van der Waals surface area contributed by atoms with Gasteiger partial charge in [-0.25, -0.2) is 4.79 Å². The molecule has 14 N–H and O–H groups in total. The highest BCUT2D eigenvalue weighted by atomic mass is 16.8. The molecule has 2 aromatic carbocycles. The first-order valence-corrected chi connectivity index (χ1v) is 20.0. The fraction of sp³-hybridized carbons (Fsp3) is 0.452. The van der Waals surface area contributed by atoms with Crippen LogP contribution in [0.2, 0.25) is 0 Å². The molecule has 4 heterocycles. The van der Waals surface area contributed by atoms with Crippen molar-refractivity contribution in [2.24, 2.45) is 0 Å². The molecule has 5 aliphatic rings. The summed E-state index contributed by atoms with van der Waals surface area (Å²) in [5, 5.41) is 147. The van der Waals surface area contributed by atoms with Gasteiger partial charge < -0.3 is 109 Å². The Balaban J connectivity index is 1.24. The number of phenolic OH excluding ortho intramolecular Hbond substituents is 3. The van der Waals surface area contributed by atoms with Crippen LogP contribution in [0, 0.1) is 0 Å². The number of ether oxygens (including phenoxy) is 8. The number of carbonyl (C=O) groups is 1. The van der Waals surface area contributed by atoms with Crippen LogP contribution in [0.4, 0.5) is 0 Å². The van der Waals surface area contributed by atoms with Crippen molar-refractivity contribution < 1.29 is 114 Å². The van der Waals surface area contributed by atoms with E-state index < -0.39 is 141 Å². The molecule has 0 saturated carbocycles. The maximum absolute atomic E-state index is 12.8. The number of fused-ring (bicyclic) bond motifs is 1. The van der Waals surface area contributed by atoms with E-state index in [-0.39, 0.29) is 34.2 Å². The molecule has 16 atom stereocenters. The lowest BCUT2D eigenvalue weighted by molar-refractivity contribution is -0.363. The Kier molecular flexibility index (Phi) is 14.7. The van der Waals surface area contributed by atoms with Crippen LogP contribution in [-0.4, -0.2) is 196 Å². The van der Waals surface area contributed by atoms with Gasteiger partial charge in [0.25, 0.3) is 0 Å². The van der Waals surface area contributed by atoms with Gasteiger partial charge in [-0.2, -0.15) is 0 Å². The van der Waals surface area contributed by atoms with Crippen molar-refractivity contribution in [3.05, 3.63) is 101 Å². The number of esters is 1. The van der Waals surface area contributed by atoms with Crippen LogP contribution in [0.5, 0.6) is 17.2 Å². The van der Waals surface area contributed by atoms with E-state index in [1.807, 2.05) is 0 Å². The summed E-state index contributed by atoms with van der Waals surface area (Å²) in [6, 6.07) is 9.26. The van der Waals surface area contributed by atoms with Crippen molar-refractivity contribution in [2.45, 2.75) is 98.2 Å². The molecule has 65 heavy (non-hydrogen) atoms. The van der Waals surface area contributed by atoms with E-state index in [0.29, 0.717) is 5.56 Å². The van der Waals surface area contributed by atoms with Crippen molar-refractivity contribution in [1.29, 1.82) is 0 Å². The molecular weight excluding hydrogens is 872 g/mol. The molecule has 23 heteroatoms. The molecule has 0 bridgehead atoms. The van der Waals surface area contributed by atoms with E-state index in [1.54, 1.807) is 0 Å². The number of aliphatic hydroxyl groups excluding tert-OH is 11. The lowest BCUT2D eigenvalue weighted by atomic mass is 9.95. The summed E-state index contributed by atoms with van der Waals surface area (Å²) in [5.41, 5.74) is 0.524. The zero-order valence-electron chi connectivity index (χ0n) is 33.7. The molecule has 3 fully saturated rings. The maximum Gasteiger partial charge on any atom is 0.330 e. The van der Waals surface area contributed by atoms with Crippen molar-refractivity contribution >= 4 is 17.8 Å². The number of aromatic hydroxyl groups is 3. The Morgan fingerprint density at radius 3 is 1.91 bits per heavy atom. The highest BCUT2D eigenvalue weighted by Gasteiger charge is 2.52. The molecule has 7 rings (SSSR count). The van der Waals surface area contributed by atoms with E-state index in [1.165, 1.54) is 48.6 Å². The van der Waals surface area contributed by atoms with Crippen LogP contribution in [-0.2, 0) is 42.7 Å². The van der Waals surface area contributed by atoms with Crippen molar-refractivity contribution in [1.82, 2.24) is 0 Å². The third-order valence-electron chi connectivity index (χ3n) is 11.0. The van der Waals surface area contributed by atoms with Gasteiger partial charge in [-0.15, -0.1) is 0 Å². The zero-order chi connectivity index (χ0) is 46.9. The minimum absolute atomic E-state index is 0.00444. The third kappa shape index (κ3) is 10.2. The maximum atomic E-state index is 12.8. The highest BCUT2D eigenvalue weighted by molar-refractivity contribution is 5.87. The van der Waals surface area contributed by atoms with Gasteiger partial charge in [-0.3, -0.25) is 0 Å². The number of aliphatic hydroxyl groups is 11. The summed E-state index contributed by atoms with van der Waals surface area (Å²) >= 11 is 0. The summed E-state index contributed by atoms with van der Waals surface area (Å²) in [7, 11) is 0. The van der Waals surface area contributed by atoms with Crippen LogP contribution in [0.1, 0.15) is 11.1 Å². The normalized spacial score (nSPS) is 36.2. The average Bonchev–Trinajstić information content (AvgIpc) is 3.29. The smallest absolute Gasteiger partial charge is 0.330 e. The number of allylic oxidation sites excluding steroid dienone is 2. The Bertz CT molecular complexity index is 2170. The second kappa shape index (κ2) is 20.0. The lowest BCUT2D eigenvalue weighted by Crippen LogP contribution is -2.64. The number of hydrogen-bond donors (Lipinski definition) is 14. The van der Waals surface area contributed by atoms with Gasteiger partial charge in [0, 0.05) is 29.4 Å². The molecule has 0 spiro atoms. The Hall–Kier alpha value is -5.35.